The molecule has 1 heterocycles. The molecule has 0 spiro atoms. The third-order valence-corrected chi connectivity index (χ3v) is 7.68. The standard InChI is InChI=1S/C26H36ClN3.ClH/c27-24-10-4-9-23(20-24)26(21-28)13-11-25(12-14-26)30-18-16-29(17-19-30)15-5-8-22-6-2-1-3-7-22;/h1-4,6-7,9-10,20,25H,5,8,11-19,21,28H2;1H. The molecule has 0 radical (unpaired) electrons. The minimum atomic E-state index is 0. The molecule has 2 aromatic rings. The van der Waals surface area contributed by atoms with Crippen LogP contribution in [0.4, 0.5) is 0 Å². The summed E-state index contributed by atoms with van der Waals surface area (Å²) in [4.78, 5) is 5.39. The van der Waals surface area contributed by atoms with Crippen LogP contribution >= 0.6 is 24.0 Å². The fourth-order valence-electron chi connectivity index (χ4n) is 5.45. The van der Waals surface area contributed by atoms with Crippen molar-refractivity contribution >= 4 is 24.0 Å². The molecular formula is C26H37Cl2N3. The third-order valence-electron chi connectivity index (χ3n) is 7.45. The lowest BCUT2D eigenvalue weighted by molar-refractivity contribution is 0.0654. The molecule has 0 atom stereocenters. The van der Waals surface area contributed by atoms with Crippen molar-refractivity contribution in [3.63, 3.8) is 0 Å². The van der Waals surface area contributed by atoms with Crippen LogP contribution in [0.15, 0.2) is 54.6 Å². The molecule has 0 amide bonds. The molecule has 1 saturated heterocycles. The summed E-state index contributed by atoms with van der Waals surface area (Å²) >= 11 is 6.26. The molecule has 0 bridgehead atoms. The second-order valence-electron chi connectivity index (χ2n) is 9.19. The largest absolute Gasteiger partial charge is 0.330 e. The van der Waals surface area contributed by atoms with Crippen molar-refractivity contribution in [2.45, 2.75) is 50.0 Å². The van der Waals surface area contributed by atoms with Gasteiger partial charge in [-0.15, -0.1) is 12.4 Å². The summed E-state index contributed by atoms with van der Waals surface area (Å²) < 4.78 is 0. The molecule has 2 aromatic carbocycles. The van der Waals surface area contributed by atoms with Crippen molar-refractivity contribution in [1.29, 1.82) is 0 Å². The zero-order valence-electron chi connectivity index (χ0n) is 18.5. The van der Waals surface area contributed by atoms with E-state index < -0.39 is 0 Å². The first-order valence-corrected chi connectivity index (χ1v) is 12.0. The fourth-order valence-corrected chi connectivity index (χ4v) is 5.64. The molecule has 2 fully saturated rings. The van der Waals surface area contributed by atoms with Crippen LogP contribution in [-0.4, -0.2) is 55.1 Å². The van der Waals surface area contributed by atoms with Crippen LogP contribution in [0.3, 0.4) is 0 Å². The minimum Gasteiger partial charge on any atom is -0.330 e. The average molecular weight is 463 g/mol. The van der Waals surface area contributed by atoms with E-state index in [0.29, 0.717) is 0 Å². The molecule has 1 saturated carbocycles. The Labute approximate surface area is 199 Å². The number of halogens is 2. The summed E-state index contributed by atoms with van der Waals surface area (Å²) in [7, 11) is 0. The van der Waals surface area contributed by atoms with Gasteiger partial charge in [0.15, 0.2) is 0 Å². The first kappa shape index (κ1) is 24.5. The van der Waals surface area contributed by atoms with Crippen LogP contribution in [0.25, 0.3) is 0 Å². The number of rotatable bonds is 7. The average Bonchev–Trinajstić information content (AvgIpc) is 2.80. The fraction of sp³-hybridized carbons (Fsp3) is 0.538. The van der Waals surface area contributed by atoms with E-state index >= 15 is 0 Å². The van der Waals surface area contributed by atoms with E-state index in [9.17, 15) is 0 Å². The maximum atomic E-state index is 6.29. The summed E-state index contributed by atoms with van der Waals surface area (Å²) in [5, 5.41) is 0.825. The molecule has 1 aliphatic heterocycles. The van der Waals surface area contributed by atoms with Gasteiger partial charge in [0.25, 0.3) is 0 Å². The molecule has 170 valence electrons. The highest BCUT2D eigenvalue weighted by Crippen LogP contribution is 2.40. The number of benzene rings is 2. The number of hydrogen-bond acceptors (Lipinski definition) is 3. The van der Waals surface area contributed by atoms with Gasteiger partial charge in [-0.1, -0.05) is 54.1 Å². The number of piperazine rings is 1. The van der Waals surface area contributed by atoms with Crippen LogP contribution in [0.5, 0.6) is 0 Å². The zero-order valence-corrected chi connectivity index (χ0v) is 20.1. The van der Waals surface area contributed by atoms with E-state index in [0.717, 1.165) is 17.6 Å². The van der Waals surface area contributed by atoms with Crippen LogP contribution < -0.4 is 5.73 Å². The van der Waals surface area contributed by atoms with Crippen LogP contribution in [-0.2, 0) is 11.8 Å². The lowest BCUT2D eigenvalue weighted by atomic mass is 9.68. The number of hydrogen-bond donors (Lipinski definition) is 1. The Hall–Kier alpha value is -1.10. The van der Waals surface area contributed by atoms with E-state index in [1.165, 1.54) is 82.4 Å². The molecule has 0 aromatic heterocycles. The van der Waals surface area contributed by atoms with Crippen molar-refractivity contribution in [1.82, 2.24) is 9.80 Å². The van der Waals surface area contributed by atoms with Gasteiger partial charge in [0.1, 0.15) is 0 Å². The molecular weight excluding hydrogens is 425 g/mol. The van der Waals surface area contributed by atoms with E-state index in [4.69, 9.17) is 17.3 Å². The lowest BCUT2D eigenvalue weighted by Gasteiger charge is -2.46. The molecule has 0 unspecified atom stereocenters. The Kier molecular flexibility index (Phi) is 9.24. The van der Waals surface area contributed by atoms with E-state index in [1.807, 2.05) is 6.07 Å². The first-order valence-electron chi connectivity index (χ1n) is 11.6. The molecule has 31 heavy (non-hydrogen) atoms. The normalized spacial score (nSPS) is 25.2. The minimum absolute atomic E-state index is 0. The molecule has 1 aliphatic carbocycles. The van der Waals surface area contributed by atoms with Crippen LogP contribution in [0, 0.1) is 0 Å². The highest BCUT2D eigenvalue weighted by Gasteiger charge is 2.38. The topological polar surface area (TPSA) is 32.5 Å². The first-order chi connectivity index (χ1) is 14.7. The van der Waals surface area contributed by atoms with Crippen molar-refractivity contribution in [3.8, 4) is 0 Å². The monoisotopic (exact) mass is 461 g/mol. The van der Waals surface area contributed by atoms with E-state index in [2.05, 4.69) is 58.3 Å². The Morgan fingerprint density at radius 1 is 0.935 bits per heavy atom. The summed E-state index contributed by atoms with van der Waals surface area (Å²) in [6, 6.07) is 20.0. The second kappa shape index (κ2) is 11.7. The van der Waals surface area contributed by atoms with Gasteiger partial charge in [0, 0.05) is 49.2 Å². The summed E-state index contributed by atoms with van der Waals surface area (Å²) in [6.45, 7) is 6.78. The number of nitrogens with zero attached hydrogens (tertiary/aromatic N) is 2. The van der Waals surface area contributed by atoms with E-state index in [-0.39, 0.29) is 17.8 Å². The quantitative estimate of drug-likeness (QED) is 0.618. The Bertz CT molecular complexity index is 782. The Morgan fingerprint density at radius 2 is 1.65 bits per heavy atom. The van der Waals surface area contributed by atoms with Gasteiger partial charge < -0.3 is 10.6 Å². The molecule has 3 nitrogen and oxygen atoms in total. The van der Waals surface area contributed by atoms with Gasteiger partial charge >= 0.3 is 0 Å². The van der Waals surface area contributed by atoms with Gasteiger partial charge in [-0.2, -0.15) is 0 Å². The van der Waals surface area contributed by atoms with Crippen LogP contribution in [0.1, 0.15) is 43.2 Å². The highest BCUT2D eigenvalue weighted by atomic mass is 35.5. The smallest absolute Gasteiger partial charge is 0.0408 e. The molecule has 2 aliphatic rings. The Balaban J connectivity index is 0.00000272. The number of nitrogens with two attached hydrogens (primary N) is 1. The second-order valence-corrected chi connectivity index (χ2v) is 9.63. The third kappa shape index (κ3) is 6.24. The van der Waals surface area contributed by atoms with Crippen molar-refractivity contribution in [3.05, 3.63) is 70.7 Å². The number of aryl methyl sites for hydroxylation is 1. The summed E-state index contributed by atoms with van der Waals surface area (Å²) in [5.74, 6) is 0. The lowest BCUT2D eigenvalue weighted by Crippen LogP contribution is -2.53. The van der Waals surface area contributed by atoms with Crippen molar-refractivity contribution in [2.24, 2.45) is 5.73 Å². The van der Waals surface area contributed by atoms with Crippen LogP contribution in [0.2, 0.25) is 5.02 Å². The molecule has 2 N–H and O–H groups in total. The van der Waals surface area contributed by atoms with Crippen molar-refractivity contribution in [2.75, 3.05) is 39.3 Å². The Morgan fingerprint density at radius 3 is 2.29 bits per heavy atom. The van der Waals surface area contributed by atoms with E-state index in [1.54, 1.807) is 0 Å². The summed E-state index contributed by atoms with van der Waals surface area (Å²) in [6.07, 6.45) is 7.29. The predicted molar refractivity (Wildman–Crippen MR) is 134 cm³/mol. The maximum absolute atomic E-state index is 6.29. The SMILES string of the molecule is Cl.NCC1(c2cccc(Cl)c2)CCC(N2CCN(CCCc3ccccc3)CC2)CC1. The van der Waals surface area contributed by atoms with Gasteiger partial charge in [-0.05, 0) is 68.3 Å². The zero-order chi connectivity index (χ0) is 20.8. The van der Waals surface area contributed by atoms with Gasteiger partial charge in [-0.25, -0.2) is 0 Å². The maximum Gasteiger partial charge on any atom is 0.0408 e. The highest BCUT2D eigenvalue weighted by molar-refractivity contribution is 6.30. The molecule has 4 rings (SSSR count). The predicted octanol–water partition coefficient (Wildman–Crippen LogP) is 5.15. The van der Waals surface area contributed by atoms with Gasteiger partial charge in [-0.3, -0.25) is 4.90 Å². The van der Waals surface area contributed by atoms with Gasteiger partial charge in [0.2, 0.25) is 0 Å². The van der Waals surface area contributed by atoms with Gasteiger partial charge in [0.05, 0.1) is 0 Å². The molecule has 5 heteroatoms. The van der Waals surface area contributed by atoms with Crippen molar-refractivity contribution < 1.29 is 0 Å². The summed E-state index contributed by atoms with van der Waals surface area (Å²) in [5.41, 5.74) is 9.19.